The van der Waals surface area contributed by atoms with E-state index in [9.17, 15) is 31.1 Å². The van der Waals surface area contributed by atoms with Gasteiger partial charge in [0.15, 0.2) is 0 Å². The fraction of sp³-hybridized carbons (Fsp3) is 0.750. The molecule has 0 aromatic heterocycles. The van der Waals surface area contributed by atoms with E-state index in [0.717, 1.165) is 0 Å². The first-order chi connectivity index (χ1) is 4.65. The summed E-state index contributed by atoms with van der Waals surface area (Å²) in [5.74, 6) is -19.0. The van der Waals surface area contributed by atoms with Crippen molar-refractivity contribution >= 4 is 5.78 Å². The molecule has 1 aliphatic rings. The summed E-state index contributed by atoms with van der Waals surface area (Å²) in [4.78, 5) is 9.64. The molecule has 0 atom stereocenters. The standard InChI is InChI=1S/C4F6O/c5-2(6)1(11)3(7,8)4(2,9)10. The lowest BCUT2D eigenvalue weighted by molar-refractivity contribution is -0.341. The molecule has 0 unspecified atom stereocenters. The van der Waals surface area contributed by atoms with Crippen LogP contribution in [-0.4, -0.2) is 23.6 Å². The highest BCUT2D eigenvalue weighted by atomic mass is 19.4. The summed E-state index contributed by atoms with van der Waals surface area (Å²) in [5, 5.41) is 0. The molecule has 64 valence electrons. The molecule has 1 nitrogen and oxygen atoms in total. The van der Waals surface area contributed by atoms with Crippen molar-refractivity contribution in [2.75, 3.05) is 0 Å². The van der Waals surface area contributed by atoms with Crippen LogP contribution in [0, 0.1) is 0 Å². The largest absolute Gasteiger partial charge is 0.387 e. The molecule has 0 spiro atoms. The molecule has 0 N–H and O–H groups in total. The van der Waals surface area contributed by atoms with Gasteiger partial charge in [0.25, 0.3) is 5.78 Å². The minimum atomic E-state index is -5.53. The summed E-state index contributed by atoms with van der Waals surface area (Å²) in [6, 6.07) is 0. The van der Waals surface area contributed by atoms with Gasteiger partial charge in [-0.15, -0.1) is 0 Å². The predicted octanol–water partition coefficient (Wildman–Crippen LogP) is 1.48. The van der Waals surface area contributed by atoms with Gasteiger partial charge >= 0.3 is 17.8 Å². The molecule has 11 heavy (non-hydrogen) atoms. The number of alkyl halides is 6. The summed E-state index contributed by atoms with van der Waals surface area (Å²) in [7, 11) is 0. The number of Topliss-reactive ketones (excluding diaryl/α,β-unsaturated/α-hetero) is 1. The zero-order valence-corrected chi connectivity index (χ0v) is 4.68. The van der Waals surface area contributed by atoms with Crippen LogP contribution in [0.5, 0.6) is 0 Å². The molecular weight excluding hydrogens is 178 g/mol. The van der Waals surface area contributed by atoms with Gasteiger partial charge in [0.2, 0.25) is 0 Å². The second kappa shape index (κ2) is 1.54. The highest BCUT2D eigenvalue weighted by Crippen LogP contribution is 2.57. The Bertz CT molecular complexity index is 199. The molecule has 0 aromatic carbocycles. The normalized spacial score (nSPS) is 31.3. The average molecular weight is 178 g/mol. The Morgan fingerprint density at radius 3 is 1.18 bits per heavy atom. The maximum absolute atomic E-state index is 11.6. The smallest absolute Gasteiger partial charge is 0.286 e. The fourth-order valence-corrected chi connectivity index (χ4v) is 0.617. The molecule has 0 aromatic rings. The number of hydrogen-bond acceptors (Lipinski definition) is 1. The van der Waals surface area contributed by atoms with Gasteiger partial charge in [-0.25, -0.2) is 0 Å². The number of carbonyl (C=O) groups is 1. The third kappa shape index (κ3) is 0.568. The van der Waals surface area contributed by atoms with Crippen LogP contribution >= 0.6 is 0 Å². The Balaban J connectivity index is 3.08. The molecule has 0 radical (unpaired) electrons. The molecule has 0 aliphatic heterocycles. The van der Waals surface area contributed by atoms with Crippen LogP contribution in [0.15, 0.2) is 0 Å². The van der Waals surface area contributed by atoms with Crippen molar-refractivity contribution in [3.05, 3.63) is 0 Å². The van der Waals surface area contributed by atoms with E-state index in [0.29, 0.717) is 0 Å². The summed E-state index contributed by atoms with van der Waals surface area (Å²) in [6.07, 6.45) is 0. The van der Waals surface area contributed by atoms with E-state index in [4.69, 9.17) is 0 Å². The summed E-state index contributed by atoms with van der Waals surface area (Å²) < 4.78 is 69.7. The van der Waals surface area contributed by atoms with Crippen molar-refractivity contribution in [1.82, 2.24) is 0 Å². The van der Waals surface area contributed by atoms with Gasteiger partial charge in [-0.3, -0.25) is 4.79 Å². The van der Waals surface area contributed by atoms with Crippen LogP contribution in [0.2, 0.25) is 0 Å². The first-order valence-corrected chi connectivity index (χ1v) is 2.34. The molecular formula is C4F6O. The number of halogens is 6. The maximum Gasteiger partial charge on any atom is 0.387 e. The third-order valence-corrected chi connectivity index (χ3v) is 1.36. The molecule has 1 rings (SSSR count). The molecule has 0 amide bonds. The molecule has 1 aliphatic carbocycles. The Kier molecular flexibility index (Phi) is 1.17. The van der Waals surface area contributed by atoms with Crippen molar-refractivity contribution in [2.45, 2.75) is 17.8 Å². The highest BCUT2D eigenvalue weighted by molar-refractivity contribution is 6.01. The van der Waals surface area contributed by atoms with E-state index in [1.54, 1.807) is 0 Å². The van der Waals surface area contributed by atoms with E-state index in [2.05, 4.69) is 0 Å². The lowest BCUT2D eigenvalue weighted by Gasteiger charge is -2.40. The summed E-state index contributed by atoms with van der Waals surface area (Å²) >= 11 is 0. The summed E-state index contributed by atoms with van der Waals surface area (Å²) in [5.41, 5.74) is 0. The molecule has 7 heteroatoms. The molecule has 1 fully saturated rings. The quantitative estimate of drug-likeness (QED) is 0.513. The predicted molar refractivity (Wildman–Crippen MR) is 19.8 cm³/mol. The number of carbonyl (C=O) groups excluding carboxylic acids is 1. The SMILES string of the molecule is O=C1C(F)(F)C(F)(F)C1(F)F. The van der Waals surface area contributed by atoms with E-state index in [-0.39, 0.29) is 0 Å². The lowest BCUT2D eigenvalue weighted by atomic mass is 9.83. The lowest BCUT2D eigenvalue weighted by Crippen LogP contribution is -2.75. The minimum Gasteiger partial charge on any atom is -0.286 e. The van der Waals surface area contributed by atoms with Crippen LogP contribution in [0.4, 0.5) is 26.3 Å². The molecule has 0 saturated heterocycles. The number of ketones is 1. The molecule has 1 saturated carbocycles. The zero-order valence-electron chi connectivity index (χ0n) is 4.68. The van der Waals surface area contributed by atoms with Crippen LogP contribution in [0.3, 0.4) is 0 Å². The average Bonchev–Trinajstić information content (AvgIpc) is 1.84. The number of hydrogen-bond donors (Lipinski definition) is 0. The van der Waals surface area contributed by atoms with E-state index in [1.165, 1.54) is 0 Å². The topological polar surface area (TPSA) is 17.1 Å². The molecule has 0 bridgehead atoms. The van der Waals surface area contributed by atoms with Gasteiger partial charge in [-0.2, -0.15) is 26.3 Å². The van der Waals surface area contributed by atoms with Gasteiger partial charge in [0.05, 0.1) is 0 Å². The van der Waals surface area contributed by atoms with Crippen molar-refractivity contribution in [3.63, 3.8) is 0 Å². The van der Waals surface area contributed by atoms with Crippen molar-refractivity contribution < 1.29 is 31.1 Å². The number of rotatable bonds is 0. The van der Waals surface area contributed by atoms with Gasteiger partial charge < -0.3 is 0 Å². The van der Waals surface area contributed by atoms with Crippen molar-refractivity contribution in [2.24, 2.45) is 0 Å². The first-order valence-electron chi connectivity index (χ1n) is 2.34. The van der Waals surface area contributed by atoms with Crippen molar-refractivity contribution in [3.8, 4) is 0 Å². The Labute approximate surface area is 56.0 Å². The van der Waals surface area contributed by atoms with Crippen LogP contribution in [0.1, 0.15) is 0 Å². The minimum absolute atomic E-state index is 3.02. The van der Waals surface area contributed by atoms with Crippen LogP contribution in [-0.2, 0) is 4.79 Å². The van der Waals surface area contributed by atoms with Crippen molar-refractivity contribution in [1.29, 1.82) is 0 Å². The van der Waals surface area contributed by atoms with Crippen LogP contribution in [0.25, 0.3) is 0 Å². The van der Waals surface area contributed by atoms with Crippen LogP contribution < -0.4 is 0 Å². The second-order valence-electron chi connectivity index (χ2n) is 2.05. The Morgan fingerprint density at radius 1 is 0.818 bits per heavy atom. The summed E-state index contributed by atoms with van der Waals surface area (Å²) in [6.45, 7) is 0. The zero-order chi connectivity index (χ0) is 9.08. The first kappa shape index (κ1) is 8.35. The van der Waals surface area contributed by atoms with Gasteiger partial charge in [0, 0.05) is 0 Å². The Hall–Kier alpha value is -0.750. The van der Waals surface area contributed by atoms with Gasteiger partial charge in [-0.05, 0) is 0 Å². The van der Waals surface area contributed by atoms with E-state index >= 15 is 0 Å². The van der Waals surface area contributed by atoms with Gasteiger partial charge in [0.1, 0.15) is 0 Å². The van der Waals surface area contributed by atoms with Gasteiger partial charge in [-0.1, -0.05) is 0 Å². The fourth-order valence-electron chi connectivity index (χ4n) is 0.617. The Morgan fingerprint density at radius 2 is 1.09 bits per heavy atom. The van der Waals surface area contributed by atoms with E-state index < -0.39 is 23.6 Å². The monoisotopic (exact) mass is 178 g/mol. The molecule has 0 heterocycles. The maximum atomic E-state index is 11.6. The van der Waals surface area contributed by atoms with E-state index in [1.807, 2.05) is 0 Å². The third-order valence-electron chi connectivity index (χ3n) is 1.36. The highest BCUT2D eigenvalue weighted by Gasteiger charge is 2.91. The second-order valence-corrected chi connectivity index (χ2v) is 2.05.